The lowest BCUT2D eigenvalue weighted by atomic mass is 9.83. The van der Waals surface area contributed by atoms with Gasteiger partial charge in [0, 0.05) is 12.6 Å². The van der Waals surface area contributed by atoms with Gasteiger partial charge in [0.1, 0.15) is 0 Å². The Bertz CT molecular complexity index is 169. The molecule has 0 amide bonds. The fourth-order valence-electron chi connectivity index (χ4n) is 3.16. The van der Waals surface area contributed by atoms with Crippen molar-refractivity contribution in [3.8, 4) is 0 Å². The lowest BCUT2D eigenvalue weighted by molar-refractivity contribution is -0.0238. The molecule has 2 unspecified atom stereocenters. The molecule has 82 valence electrons. The van der Waals surface area contributed by atoms with Crippen LogP contribution in [0.25, 0.3) is 0 Å². The Labute approximate surface area is 87.2 Å². The fraction of sp³-hybridized carbons (Fsp3) is 1.00. The van der Waals surface area contributed by atoms with Crippen molar-refractivity contribution in [2.45, 2.75) is 57.6 Å². The first-order valence-corrected chi connectivity index (χ1v) is 6.18. The average Bonchev–Trinajstić information content (AvgIpc) is 2.42. The summed E-state index contributed by atoms with van der Waals surface area (Å²) >= 11 is 0. The summed E-state index contributed by atoms with van der Waals surface area (Å²) in [6, 6.07) is 0.457. The molecule has 2 heteroatoms. The second-order valence-electron chi connectivity index (χ2n) is 5.02. The van der Waals surface area contributed by atoms with Gasteiger partial charge < -0.3 is 10.5 Å². The molecule has 2 aliphatic rings. The summed E-state index contributed by atoms with van der Waals surface area (Å²) in [5.41, 5.74) is 6.02. The molecule has 2 aliphatic carbocycles. The van der Waals surface area contributed by atoms with Crippen LogP contribution in [0.4, 0.5) is 0 Å². The van der Waals surface area contributed by atoms with Gasteiger partial charge in [-0.15, -0.1) is 0 Å². The van der Waals surface area contributed by atoms with E-state index < -0.39 is 0 Å². The van der Waals surface area contributed by atoms with E-state index in [1.807, 2.05) is 0 Å². The van der Waals surface area contributed by atoms with Crippen LogP contribution < -0.4 is 5.73 Å². The van der Waals surface area contributed by atoms with Gasteiger partial charge in [0.25, 0.3) is 0 Å². The minimum absolute atomic E-state index is 0.457. The van der Waals surface area contributed by atoms with Gasteiger partial charge in [0.15, 0.2) is 0 Å². The van der Waals surface area contributed by atoms with Crippen LogP contribution in [-0.4, -0.2) is 18.8 Å². The van der Waals surface area contributed by atoms with E-state index in [0.717, 1.165) is 18.4 Å². The molecule has 0 spiro atoms. The lowest BCUT2D eigenvalue weighted by Crippen LogP contribution is -2.39. The van der Waals surface area contributed by atoms with Crippen molar-refractivity contribution in [3.05, 3.63) is 0 Å². The summed E-state index contributed by atoms with van der Waals surface area (Å²) in [6.45, 7) is 3.18. The van der Waals surface area contributed by atoms with Crippen molar-refractivity contribution in [2.24, 2.45) is 17.6 Å². The largest absolute Gasteiger partial charge is 0.378 e. The highest BCUT2D eigenvalue weighted by atomic mass is 16.5. The van der Waals surface area contributed by atoms with Crippen LogP contribution in [-0.2, 0) is 4.74 Å². The number of nitrogens with two attached hydrogens (primary N) is 1. The van der Waals surface area contributed by atoms with E-state index in [9.17, 15) is 0 Å². The molecule has 0 heterocycles. The van der Waals surface area contributed by atoms with Gasteiger partial charge >= 0.3 is 0 Å². The Balaban J connectivity index is 1.82. The summed E-state index contributed by atoms with van der Waals surface area (Å²) in [4.78, 5) is 0. The van der Waals surface area contributed by atoms with E-state index in [0.29, 0.717) is 12.1 Å². The summed E-state index contributed by atoms with van der Waals surface area (Å²) < 4.78 is 6.00. The molecule has 14 heavy (non-hydrogen) atoms. The number of hydrogen-bond donors (Lipinski definition) is 1. The van der Waals surface area contributed by atoms with Crippen LogP contribution in [0, 0.1) is 11.8 Å². The Morgan fingerprint density at radius 1 is 1.21 bits per heavy atom. The zero-order chi connectivity index (χ0) is 9.97. The molecule has 0 aliphatic heterocycles. The third kappa shape index (κ3) is 2.12. The first-order chi connectivity index (χ1) is 6.81. The maximum atomic E-state index is 6.02. The van der Waals surface area contributed by atoms with Gasteiger partial charge in [-0.3, -0.25) is 0 Å². The third-order valence-corrected chi connectivity index (χ3v) is 3.86. The van der Waals surface area contributed by atoms with E-state index >= 15 is 0 Å². The van der Waals surface area contributed by atoms with E-state index in [4.69, 9.17) is 10.5 Å². The molecule has 2 N–H and O–H groups in total. The number of ether oxygens (including phenoxy) is 1. The highest BCUT2D eigenvalue weighted by Gasteiger charge is 2.42. The molecule has 2 saturated carbocycles. The molecule has 2 bridgehead atoms. The normalized spacial score (nSPS) is 41.6. The van der Waals surface area contributed by atoms with Crippen LogP contribution in [0.3, 0.4) is 0 Å². The van der Waals surface area contributed by atoms with Crippen LogP contribution in [0.2, 0.25) is 0 Å². The molecule has 2 nitrogen and oxygen atoms in total. The van der Waals surface area contributed by atoms with Crippen molar-refractivity contribution in [1.82, 2.24) is 0 Å². The summed E-state index contributed by atoms with van der Waals surface area (Å²) in [5.74, 6) is 1.56. The summed E-state index contributed by atoms with van der Waals surface area (Å²) in [5, 5.41) is 0. The molecule has 2 rings (SSSR count). The van der Waals surface area contributed by atoms with E-state index in [1.165, 1.54) is 38.5 Å². The highest BCUT2D eigenvalue weighted by molar-refractivity contribution is 4.94. The molecule has 0 saturated heterocycles. The quantitative estimate of drug-likeness (QED) is 0.702. The number of hydrogen-bond acceptors (Lipinski definition) is 2. The van der Waals surface area contributed by atoms with Gasteiger partial charge in [-0.1, -0.05) is 13.3 Å². The molecule has 2 atom stereocenters. The zero-order valence-electron chi connectivity index (χ0n) is 9.24. The van der Waals surface area contributed by atoms with E-state index in [1.54, 1.807) is 0 Å². The van der Waals surface area contributed by atoms with Crippen molar-refractivity contribution in [1.29, 1.82) is 0 Å². The average molecular weight is 197 g/mol. The molecule has 0 aromatic carbocycles. The topological polar surface area (TPSA) is 35.2 Å². The Hall–Kier alpha value is -0.0800. The minimum Gasteiger partial charge on any atom is -0.378 e. The van der Waals surface area contributed by atoms with Crippen molar-refractivity contribution >= 4 is 0 Å². The molecule has 0 aromatic rings. The molecule has 0 radical (unpaired) electrons. The first kappa shape index (κ1) is 10.4. The maximum absolute atomic E-state index is 6.02. The van der Waals surface area contributed by atoms with Crippen LogP contribution in [0.1, 0.15) is 45.4 Å². The van der Waals surface area contributed by atoms with Crippen LogP contribution in [0.15, 0.2) is 0 Å². The second-order valence-corrected chi connectivity index (χ2v) is 5.02. The third-order valence-electron chi connectivity index (χ3n) is 3.86. The van der Waals surface area contributed by atoms with Gasteiger partial charge in [-0.25, -0.2) is 0 Å². The Morgan fingerprint density at radius 3 is 2.43 bits per heavy atom. The highest BCUT2D eigenvalue weighted by Crippen LogP contribution is 2.43. The second kappa shape index (κ2) is 4.63. The maximum Gasteiger partial charge on any atom is 0.0632 e. The van der Waals surface area contributed by atoms with Gasteiger partial charge in [-0.05, 0) is 43.9 Å². The van der Waals surface area contributed by atoms with Crippen molar-refractivity contribution in [2.75, 3.05) is 6.61 Å². The predicted molar refractivity (Wildman–Crippen MR) is 58.1 cm³/mol. The zero-order valence-corrected chi connectivity index (χ0v) is 9.24. The van der Waals surface area contributed by atoms with E-state index in [-0.39, 0.29) is 0 Å². The monoisotopic (exact) mass is 197 g/mol. The SMILES string of the molecule is CCCCOC1C2CCC1CC(N)C2. The van der Waals surface area contributed by atoms with Crippen molar-refractivity contribution in [3.63, 3.8) is 0 Å². The minimum atomic E-state index is 0.457. The predicted octanol–water partition coefficient (Wildman–Crippen LogP) is 2.32. The molecule has 0 aromatic heterocycles. The first-order valence-electron chi connectivity index (χ1n) is 6.18. The van der Waals surface area contributed by atoms with Crippen LogP contribution in [0.5, 0.6) is 0 Å². The fourth-order valence-corrected chi connectivity index (χ4v) is 3.16. The van der Waals surface area contributed by atoms with Gasteiger partial charge in [-0.2, -0.15) is 0 Å². The van der Waals surface area contributed by atoms with Gasteiger partial charge in [0.2, 0.25) is 0 Å². The van der Waals surface area contributed by atoms with Gasteiger partial charge in [0.05, 0.1) is 6.10 Å². The smallest absolute Gasteiger partial charge is 0.0632 e. The number of fused-ring (bicyclic) bond motifs is 2. The Kier molecular flexibility index (Phi) is 3.45. The molecular formula is C12H23NO. The van der Waals surface area contributed by atoms with Crippen molar-refractivity contribution < 1.29 is 4.74 Å². The number of unbranched alkanes of at least 4 members (excludes halogenated alkanes) is 1. The summed E-state index contributed by atoms with van der Waals surface area (Å²) in [7, 11) is 0. The summed E-state index contributed by atoms with van der Waals surface area (Å²) in [6.07, 6.45) is 8.12. The molecular weight excluding hydrogens is 174 g/mol. The standard InChI is InChI=1S/C12H23NO/c1-2-3-6-14-12-9-4-5-10(12)8-11(13)7-9/h9-12H,2-8,13H2,1H3. The van der Waals surface area contributed by atoms with Crippen LogP contribution >= 0.6 is 0 Å². The molecule has 2 fully saturated rings. The van der Waals surface area contributed by atoms with E-state index in [2.05, 4.69) is 6.92 Å². The number of rotatable bonds is 4. The lowest BCUT2D eigenvalue weighted by Gasteiger charge is -2.33. The Morgan fingerprint density at radius 2 is 1.86 bits per heavy atom.